The fourth-order valence-corrected chi connectivity index (χ4v) is 14.1. The Bertz CT molecular complexity index is 5480. The zero-order chi connectivity index (χ0) is 56.2. The minimum absolute atomic E-state index is 0.525. The van der Waals surface area contributed by atoms with Crippen LogP contribution in [0.5, 0.6) is 23.0 Å². The second-order valence-electron chi connectivity index (χ2n) is 21.8. The van der Waals surface area contributed by atoms with Crippen LogP contribution in [0.25, 0.3) is 98.7 Å². The Kier molecular flexibility index (Phi) is 9.39. The van der Waals surface area contributed by atoms with Gasteiger partial charge in [-0.25, -0.2) is 4.85 Å². The van der Waals surface area contributed by atoms with Crippen molar-refractivity contribution < 1.29 is 9.47 Å². The average molecular weight is 1090 g/mol. The number of nitrogens with zero attached hydrogens (tertiary/aromatic N) is 9. The number of pyridine rings is 2. The normalized spacial score (nSPS) is 14.3. The number of ether oxygens (including phenoxy) is 2. The van der Waals surface area contributed by atoms with E-state index in [1.807, 2.05) is 109 Å². The average Bonchev–Trinajstić information content (AvgIpc) is 1.67. The van der Waals surface area contributed by atoms with Crippen molar-refractivity contribution in [2.45, 2.75) is 5.41 Å². The molecule has 0 amide bonds. The van der Waals surface area contributed by atoms with Gasteiger partial charge in [0.05, 0.1) is 121 Å². The molecule has 0 bridgehead atoms. The molecule has 1 aliphatic carbocycles. The van der Waals surface area contributed by atoms with Crippen LogP contribution in [-0.2, 0) is 5.41 Å². The quantitative estimate of drug-likeness (QED) is 0.161. The van der Waals surface area contributed by atoms with Crippen molar-refractivity contribution in [1.29, 1.82) is 10.5 Å². The predicted octanol–water partition coefficient (Wildman–Crippen LogP) is 18.1. The molecule has 7 heterocycles. The second-order valence-corrected chi connectivity index (χ2v) is 21.8. The van der Waals surface area contributed by atoms with Crippen LogP contribution in [-0.4, -0.2) is 23.7 Å². The Morgan fingerprint density at radius 3 is 1.33 bits per heavy atom. The van der Waals surface area contributed by atoms with Gasteiger partial charge >= 0.3 is 0 Å². The molecule has 10 aromatic carbocycles. The van der Waals surface area contributed by atoms with Crippen LogP contribution in [0.3, 0.4) is 0 Å². The summed E-state index contributed by atoms with van der Waals surface area (Å²) >= 11 is 0. The fraction of sp³-hybridized carbons (Fsp3) is 0.0135. The van der Waals surface area contributed by atoms with Crippen molar-refractivity contribution in [2.75, 3.05) is 4.90 Å². The van der Waals surface area contributed by atoms with Gasteiger partial charge in [0.1, 0.15) is 11.5 Å². The van der Waals surface area contributed by atoms with Gasteiger partial charge in [-0.1, -0.05) is 97.1 Å². The van der Waals surface area contributed by atoms with Gasteiger partial charge in [0.2, 0.25) is 0 Å². The standard InChI is InChI=1S/C74H39N9O2/c1-77-45-24-31-65-55(34-45)52-14-4-7-17-62(52)83(65)49-36-59-73(79-42-49)72-58(35-48(41-78-72)82-60-15-5-2-12-50(60)51-13-3-6-16-61(51)82)74(59)56-27-25-46(80-63-29-22-43(39-75)32-53(63)54-33-44(40-76)23-30-64(54)80)37-70(56)85-71-38-47(26-28-57(71)74)81-66-18-8-10-20-68(66)84-69-21-11-9-19-67(69)81/h2-38,41-42H. The first-order valence-corrected chi connectivity index (χ1v) is 27.9. The Morgan fingerprint density at radius 2 is 0.800 bits per heavy atom. The number of para-hydroxylation sites is 7. The molecule has 11 nitrogen and oxygen atoms in total. The van der Waals surface area contributed by atoms with Crippen molar-refractivity contribution >= 4 is 88.2 Å². The topological polar surface area (TPSA) is 114 Å². The first-order chi connectivity index (χ1) is 42.0. The van der Waals surface area contributed by atoms with Crippen LogP contribution in [0.2, 0.25) is 0 Å². The van der Waals surface area contributed by atoms with Crippen LogP contribution in [0.4, 0.5) is 22.7 Å². The Morgan fingerprint density at radius 1 is 0.376 bits per heavy atom. The molecule has 0 saturated carbocycles. The van der Waals surface area contributed by atoms with Crippen LogP contribution in [0.1, 0.15) is 33.4 Å². The molecule has 18 rings (SSSR count). The fourth-order valence-electron chi connectivity index (χ4n) is 14.1. The van der Waals surface area contributed by atoms with Crippen molar-refractivity contribution in [2.24, 2.45) is 0 Å². The summed E-state index contributed by atoms with van der Waals surface area (Å²) in [7, 11) is 0. The molecule has 11 heteroatoms. The van der Waals surface area contributed by atoms with Crippen molar-refractivity contribution in [3.8, 4) is 63.6 Å². The molecule has 3 aliphatic rings. The highest BCUT2D eigenvalue weighted by Crippen LogP contribution is 2.63. The summed E-state index contributed by atoms with van der Waals surface area (Å²) in [5.74, 6) is 2.73. The van der Waals surface area contributed by atoms with Gasteiger partial charge in [0.15, 0.2) is 17.2 Å². The second kappa shape index (κ2) is 17.2. The maximum absolute atomic E-state index is 10.1. The Balaban J connectivity index is 0.957. The lowest BCUT2D eigenvalue weighted by Crippen LogP contribution is -2.33. The zero-order valence-electron chi connectivity index (χ0n) is 44.9. The van der Waals surface area contributed by atoms with Gasteiger partial charge in [-0.15, -0.1) is 0 Å². The predicted molar refractivity (Wildman–Crippen MR) is 333 cm³/mol. The largest absolute Gasteiger partial charge is 0.457 e. The van der Waals surface area contributed by atoms with Gasteiger partial charge in [-0.05, 0) is 121 Å². The molecular weight excluding hydrogens is 1050 g/mol. The molecule has 1 spiro atoms. The number of nitriles is 2. The summed E-state index contributed by atoms with van der Waals surface area (Å²) in [6.07, 6.45) is 3.94. The summed E-state index contributed by atoms with van der Waals surface area (Å²) in [5.41, 5.74) is 16.7. The van der Waals surface area contributed by atoms with E-state index in [0.29, 0.717) is 28.3 Å². The molecule has 15 aromatic rings. The molecule has 5 aromatic heterocycles. The molecule has 1 unspecified atom stereocenters. The lowest BCUT2D eigenvalue weighted by atomic mass is 9.66. The number of rotatable bonds is 4. The molecule has 0 radical (unpaired) electrons. The first-order valence-electron chi connectivity index (χ1n) is 27.9. The number of benzene rings is 10. The smallest absolute Gasteiger partial charge is 0.188 e. The van der Waals surface area contributed by atoms with Crippen molar-refractivity contribution in [3.05, 3.63) is 282 Å². The number of hydrogen-bond acceptors (Lipinski definition) is 7. The SMILES string of the molecule is [C-]#[N+]c1ccc2c(c1)c1ccccc1n2-c1cnc2c(c1)C1(c3ccc(N4c5ccccc5Oc5ccccc54)cc3Oc3cc(-n4c5ccc(C#N)cc5c5cc(C#N)ccc54)ccc31)c1cc(-n3c4ccccc4c4ccccc43)cnc1-2. The van der Waals surface area contributed by atoms with Gasteiger partial charge in [-0.2, -0.15) is 10.5 Å². The van der Waals surface area contributed by atoms with Gasteiger partial charge < -0.3 is 28.1 Å². The van der Waals surface area contributed by atoms with Gasteiger partial charge in [0.25, 0.3) is 0 Å². The van der Waals surface area contributed by atoms with E-state index < -0.39 is 5.41 Å². The van der Waals surface area contributed by atoms with Crippen molar-refractivity contribution in [3.63, 3.8) is 0 Å². The van der Waals surface area contributed by atoms with E-state index in [9.17, 15) is 10.5 Å². The van der Waals surface area contributed by atoms with E-state index in [1.54, 1.807) is 0 Å². The zero-order valence-corrected chi connectivity index (χ0v) is 44.9. The number of aromatic nitrogens is 5. The van der Waals surface area contributed by atoms with E-state index in [4.69, 9.17) is 26.0 Å². The van der Waals surface area contributed by atoms with Crippen LogP contribution >= 0.6 is 0 Å². The maximum Gasteiger partial charge on any atom is 0.188 e. The Labute approximate surface area is 484 Å². The van der Waals surface area contributed by atoms with E-state index in [-0.39, 0.29) is 0 Å². The minimum Gasteiger partial charge on any atom is -0.457 e. The molecule has 0 saturated heterocycles. The van der Waals surface area contributed by atoms with Gasteiger partial charge in [0, 0.05) is 67.0 Å². The summed E-state index contributed by atoms with van der Waals surface area (Å²) < 4.78 is 20.9. The molecule has 0 N–H and O–H groups in total. The van der Waals surface area contributed by atoms with Gasteiger partial charge in [-0.3, -0.25) is 9.97 Å². The molecule has 85 heavy (non-hydrogen) atoms. The third-order valence-electron chi connectivity index (χ3n) is 17.6. The van der Waals surface area contributed by atoms with Crippen molar-refractivity contribution in [1.82, 2.24) is 23.7 Å². The molecule has 1 atom stereocenters. The Hall–Kier alpha value is -12.2. The van der Waals surface area contributed by atoms with E-state index >= 15 is 0 Å². The monoisotopic (exact) mass is 1090 g/mol. The summed E-state index contributed by atoms with van der Waals surface area (Å²) in [4.78, 5) is 17.1. The van der Waals surface area contributed by atoms with E-state index in [1.165, 1.54) is 0 Å². The highest BCUT2D eigenvalue weighted by atomic mass is 16.5. The highest BCUT2D eigenvalue weighted by Gasteiger charge is 2.53. The van der Waals surface area contributed by atoms with Crippen LogP contribution < -0.4 is 14.4 Å². The summed E-state index contributed by atoms with van der Waals surface area (Å²) in [5, 5.41) is 26.3. The van der Waals surface area contributed by atoms with E-state index in [2.05, 4.69) is 163 Å². The van der Waals surface area contributed by atoms with Crippen LogP contribution in [0, 0.1) is 29.2 Å². The number of hydrogen-bond donors (Lipinski definition) is 0. The molecule has 2 aliphatic heterocycles. The third-order valence-corrected chi connectivity index (χ3v) is 17.6. The summed E-state index contributed by atoms with van der Waals surface area (Å²) in [6, 6.07) is 81.3. The third kappa shape index (κ3) is 6.28. The lowest BCUT2D eigenvalue weighted by Gasteiger charge is -2.40. The number of fused-ring (bicyclic) bond motifs is 20. The lowest BCUT2D eigenvalue weighted by molar-refractivity contribution is 0.436. The first kappa shape index (κ1) is 46.5. The minimum atomic E-state index is -1.11. The maximum atomic E-state index is 10.1. The van der Waals surface area contributed by atoms with Crippen LogP contribution in [0.15, 0.2) is 237 Å². The molecular formula is C74H39N9O2. The highest BCUT2D eigenvalue weighted by molar-refractivity contribution is 6.12. The van der Waals surface area contributed by atoms with E-state index in [0.717, 1.165) is 145 Å². The molecule has 392 valence electrons. The molecule has 0 fully saturated rings. The summed E-state index contributed by atoms with van der Waals surface area (Å²) in [6.45, 7) is 7.97. The number of anilines is 3.